The lowest BCUT2D eigenvalue weighted by atomic mass is 9.83. The maximum atomic E-state index is 12.2. The predicted octanol–water partition coefficient (Wildman–Crippen LogP) is 0.566. The van der Waals surface area contributed by atoms with E-state index in [0.717, 1.165) is 7.05 Å². The van der Waals surface area contributed by atoms with E-state index < -0.39 is 33.6 Å². The van der Waals surface area contributed by atoms with Gasteiger partial charge in [-0.1, -0.05) is 12.2 Å². The van der Waals surface area contributed by atoms with E-state index in [2.05, 4.69) is 4.28 Å². The number of nitrogens with zero attached hydrogens (tertiary/aromatic N) is 1. The highest BCUT2D eigenvalue weighted by Gasteiger charge is 2.49. The molecule has 0 saturated heterocycles. The molecule has 2 rings (SSSR count). The van der Waals surface area contributed by atoms with Gasteiger partial charge < -0.3 is 4.79 Å². The van der Waals surface area contributed by atoms with Crippen molar-refractivity contribution >= 4 is 22.3 Å². The number of hydroxylamine groups is 2. The van der Waals surface area contributed by atoms with Gasteiger partial charge in [0.25, 0.3) is 5.91 Å². The zero-order chi connectivity index (χ0) is 15.1. The summed E-state index contributed by atoms with van der Waals surface area (Å²) in [4.78, 5) is 23.1. The summed E-state index contributed by atoms with van der Waals surface area (Å²) in [5.74, 6) is -6.12. The van der Waals surface area contributed by atoms with Crippen LogP contribution in [-0.2, 0) is 24.0 Å². The van der Waals surface area contributed by atoms with Crippen LogP contribution in [0.3, 0.4) is 0 Å². The van der Waals surface area contributed by atoms with Gasteiger partial charge in [-0.25, -0.2) is 5.06 Å². The molecular formula is C11H13F2NO5S. The summed E-state index contributed by atoms with van der Waals surface area (Å²) in [7, 11) is -4.20. The van der Waals surface area contributed by atoms with Gasteiger partial charge in [0.05, 0.1) is 5.92 Å². The van der Waals surface area contributed by atoms with E-state index in [1.165, 1.54) is 0 Å². The second kappa shape index (κ2) is 5.21. The van der Waals surface area contributed by atoms with Gasteiger partial charge in [0.1, 0.15) is 6.29 Å². The number of amides is 1. The van der Waals surface area contributed by atoms with Crippen molar-refractivity contribution in [2.24, 2.45) is 23.7 Å². The quantitative estimate of drug-likeness (QED) is 0.421. The Labute approximate surface area is 114 Å². The van der Waals surface area contributed by atoms with Crippen LogP contribution in [-0.4, -0.2) is 38.5 Å². The number of allylic oxidation sites excluding steroid dienone is 2. The van der Waals surface area contributed by atoms with E-state index >= 15 is 0 Å². The first kappa shape index (κ1) is 15.0. The summed E-state index contributed by atoms with van der Waals surface area (Å²) < 4.78 is 50.3. The number of alkyl halides is 2. The molecule has 0 aliphatic heterocycles. The van der Waals surface area contributed by atoms with Gasteiger partial charge in [0, 0.05) is 13.0 Å². The molecule has 0 spiro atoms. The maximum Gasteiger partial charge on any atom is 0.363 e. The number of rotatable bonds is 5. The molecule has 0 N–H and O–H groups in total. The normalized spacial score (nSPS) is 31.8. The minimum Gasteiger partial charge on any atom is -0.303 e. The zero-order valence-electron chi connectivity index (χ0n) is 10.5. The molecule has 2 aliphatic rings. The van der Waals surface area contributed by atoms with E-state index in [-0.39, 0.29) is 16.9 Å². The fraction of sp³-hybridized carbons (Fsp3) is 0.636. The average Bonchev–Trinajstić information content (AvgIpc) is 2.96. The highest BCUT2D eigenvalue weighted by Crippen LogP contribution is 2.47. The Balaban J connectivity index is 2.12. The van der Waals surface area contributed by atoms with Gasteiger partial charge in [-0.2, -0.15) is 17.2 Å². The molecule has 0 radical (unpaired) electrons. The highest BCUT2D eigenvalue weighted by atomic mass is 32.2. The lowest BCUT2D eigenvalue weighted by Gasteiger charge is -2.26. The Morgan fingerprint density at radius 3 is 2.55 bits per heavy atom. The predicted molar refractivity (Wildman–Crippen MR) is 62.6 cm³/mol. The van der Waals surface area contributed by atoms with Crippen LogP contribution in [0.25, 0.3) is 0 Å². The third-order valence-electron chi connectivity index (χ3n) is 3.71. The molecule has 112 valence electrons. The summed E-state index contributed by atoms with van der Waals surface area (Å²) in [5.41, 5.74) is 0. The van der Waals surface area contributed by atoms with E-state index in [1.54, 1.807) is 6.08 Å². The van der Waals surface area contributed by atoms with Crippen molar-refractivity contribution in [2.45, 2.75) is 12.2 Å². The molecule has 9 heteroatoms. The lowest BCUT2D eigenvalue weighted by molar-refractivity contribution is -0.160. The number of aldehydes is 1. The molecule has 2 aliphatic carbocycles. The Hall–Kier alpha value is -1.35. The summed E-state index contributed by atoms with van der Waals surface area (Å²) in [6, 6.07) is 0. The molecule has 2 bridgehead atoms. The van der Waals surface area contributed by atoms with Crippen molar-refractivity contribution in [2.75, 3.05) is 7.05 Å². The van der Waals surface area contributed by atoms with Gasteiger partial charge >= 0.3 is 15.9 Å². The lowest BCUT2D eigenvalue weighted by Crippen LogP contribution is -2.41. The van der Waals surface area contributed by atoms with Crippen LogP contribution in [0.5, 0.6) is 0 Å². The largest absolute Gasteiger partial charge is 0.363 e. The first-order valence-electron chi connectivity index (χ1n) is 5.90. The monoisotopic (exact) mass is 309 g/mol. The number of hydrogen-bond donors (Lipinski definition) is 0. The van der Waals surface area contributed by atoms with Crippen molar-refractivity contribution in [1.29, 1.82) is 0 Å². The first-order valence-corrected chi connectivity index (χ1v) is 7.38. The average molecular weight is 309 g/mol. The fourth-order valence-corrected chi connectivity index (χ4v) is 3.28. The van der Waals surface area contributed by atoms with Crippen molar-refractivity contribution in [3.05, 3.63) is 12.2 Å². The van der Waals surface area contributed by atoms with Crippen LogP contribution in [0, 0.1) is 23.7 Å². The van der Waals surface area contributed by atoms with Crippen molar-refractivity contribution < 1.29 is 31.1 Å². The first-order chi connectivity index (χ1) is 9.27. The third kappa shape index (κ3) is 2.47. The Kier molecular flexibility index (Phi) is 3.92. The highest BCUT2D eigenvalue weighted by molar-refractivity contribution is 7.86. The third-order valence-corrected chi connectivity index (χ3v) is 4.57. The topological polar surface area (TPSA) is 80.8 Å². The molecule has 4 atom stereocenters. The number of fused-ring (bicyclic) bond motifs is 2. The Bertz CT molecular complexity index is 547. The van der Waals surface area contributed by atoms with Gasteiger partial charge in [-0.15, -0.1) is 4.28 Å². The van der Waals surface area contributed by atoms with Crippen LogP contribution in [0.4, 0.5) is 8.78 Å². The molecule has 1 fully saturated rings. The minimum absolute atomic E-state index is 0.0634. The molecule has 0 aromatic heterocycles. The van der Waals surface area contributed by atoms with E-state index in [1.807, 2.05) is 6.08 Å². The zero-order valence-corrected chi connectivity index (χ0v) is 11.3. The number of halogens is 2. The van der Waals surface area contributed by atoms with Gasteiger partial charge in [-0.3, -0.25) is 4.79 Å². The molecule has 20 heavy (non-hydrogen) atoms. The molecule has 1 amide bonds. The molecule has 4 unspecified atom stereocenters. The SMILES string of the molecule is CN(OS(=O)(=O)C(F)F)C(=O)C1C2C=CC(C2)C1C=O. The molecular weight excluding hydrogens is 296 g/mol. The van der Waals surface area contributed by atoms with Crippen molar-refractivity contribution in [3.8, 4) is 0 Å². The van der Waals surface area contributed by atoms with E-state index in [0.29, 0.717) is 12.7 Å². The number of carbonyl (C=O) groups is 2. The second-order valence-corrected chi connectivity index (χ2v) is 6.34. The molecule has 1 saturated carbocycles. The van der Waals surface area contributed by atoms with Gasteiger partial charge in [0.2, 0.25) is 0 Å². The van der Waals surface area contributed by atoms with E-state index in [9.17, 15) is 26.8 Å². The van der Waals surface area contributed by atoms with Crippen LogP contribution >= 0.6 is 0 Å². The fourth-order valence-electron chi connectivity index (χ4n) is 2.83. The second-order valence-electron chi connectivity index (χ2n) is 4.85. The number of carbonyl (C=O) groups excluding carboxylic acids is 2. The summed E-state index contributed by atoms with van der Waals surface area (Å²) in [6.45, 7) is 0. The maximum absolute atomic E-state index is 12.2. The molecule has 0 aromatic rings. The summed E-state index contributed by atoms with van der Waals surface area (Å²) in [6.07, 6.45) is 4.88. The van der Waals surface area contributed by atoms with Crippen molar-refractivity contribution in [3.63, 3.8) is 0 Å². The molecule has 6 nitrogen and oxygen atoms in total. The van der Waals surface area contributed by atoms with Crippen LogP contribution in [0.15, 0.2) is 12.2 Å². The van der Waals surface area contributed by atoms with Crippen LogP contribution in [0.1, 0.15) is 6.42 Å². The summed E-state index contributed by atoms with van der Waals surface area (Å²) in [5, 5.41) is 0.275. The van der Waals surface area contributed by atoms with Gasteiger partial charge in [-0.05, 0) is 18.3 Å². The van der Waals surface area contributed by atoms with Gasteiger partial charge in [0.15, 0.2) is 0 Å². The molecule has 0 aromatic carbocycles. The van der Waals surface area contributed by atoms with E-state index in [4.69, 9.17) is 0 Å². The van der Waals surface area contributed by atoms with Crippen molar-refractivity contribution in [1.82, 2.24) is 5.06 Å². The van der Waals surface area contributed by atoms with Crippen LogP contribution < -0.4 is 0 Å². The molecule has 0 heterocycles. The Morgan fingerprint density at radius 2 is 2.00 bits per heavy atom. The Morgan fingerprint density at radius 1 is 1.40 bits per heavy atom. The standard InChI is InChI=1S/C11H13F2NO5S/c1-14(19-20(17,18)11(12)13)10(16)9-7-3-2-6(4-7)8(9)5-15/h2-3,5-9,11H,4H2,1H3. The minimum atomic E-state index is -5.14. The number of hydrogen-bond acceptors (Lipinski definition) is 5. The van der Waals surface area contributed by atoms with Crippen LogP contribution in [0.2, 0.25) is 0 Å². The summed E-state index contributed by atoms with van der Waals surface area (Å²) >= 11 is 0. The smallest absolute Gasteiger partial charge is 0.303 e.